The summed E-state index contributed by atoms with van der Waals surface area (Å²) in [7, 11) is 0. The van der Waals surface area contributed by atoms with Crippen LogP contribution in [0.4, 0.5) is 4.39 Å². The van der Waals surface area contributed by atoms with E-state index in [1.165, 1.54) is 12.5 Å². The lowest BCUT2D eigenvalue weighted by Gasteiger charge is -2.23. The molecule has 0 amide bonds. The third-order valence-corrected chi connectivity index (χ3v) is 5.56. The second-order valence-electron chi connectivity index (χ2n) is 6.91. The van der Waals surface area contributed by atoms with Crippen LogP contribution < -0.4 is 10.6 Å². The largest absolute Gasteiger partial charge is 0.373 e. The third kappa shape index (κ3) is 3.11. The molecule has 1 aliphatic carbocycles. The van der Waals surface area contributed by atoms with Crippen molar-refractivity contribution in [1.29, 1.82) is 0 Å². The quantitative estimate of drug-likeness (QED) is 0.646. The van der Waals surface area contributed by atoms with Crippen molar-refractivity contribution in [3.8, 4) is 0 Å². The van der Waals surface area contributed by atoms with Gasteiger partial charge in [0.2, 0.25) is 0 Å². The van der Waals surface area contributed by atoms with Crippen LogP contribution in [0.2, 0.25) is 5.02 Å². The van der Waals surface area contributed by atoms with Gasteiger partial charge in [0.05, 0.1) is 18.2 Å². The summed E-state index contributed by atoms with van der Waals surface area (Å²) in [5.41, 5.74) is 0.621. The van der Waals surface area contributed by atoms with Crippen molar-refractivity contribution in [2.45, 2.75) is 62.8 Å². The molecule has 2 saturated heterocycles. The van der Waals surface area contributed by atoms with Gasteiger partial charge in [-0.3, -0.25) is 4.99 Å². The Kier molecular flexibility index (Phi) is 4.39. The van der Waals surface area contributed by atoms with Crippen molar-refractivity contribution in [1.82, 2.24) is 10.6 Å². The average Bonchev–Trinajstić information content (AvgIpc) is 2.97. The summed E-state index contributed by atoms with van der Waals surface area (Å²) in [6.45, 7) is 2.72. The van der Waals surface area contributed by atoms with Crippen LogP contribution in [0, 0.1) is 5.82 Å². The molecule has 0 aromatic heterocycles. The molecule has 5 unspecified atom stereocenters. The number of hydrogen-bond acceptors (Lipinski definition) is 2. The molecule has 1 aromatic rings. The minimum atomic E-state index is -0.222. The first-order chi connectivity index (χ1) is 11.7. The number of nitrogens with one attached hydrogen (secondary N) is 2. The molecule has 3 fully saturated rings. The summed E-state index contributed by atoms with van der Waals surface area (Å²) < 4.78 is 19.9. The van der Waals surface area contributed by atoms with E-state index < -0.39 is 0 Å². The zero-order valence-electron chi connectivity index (χ0n) is 13.8. The first kappa shape index (κ1) is 16.2. The van der Waals surface area contributed by atoms with E-state index in [0.29, 0.717) is 35.4 Å². The van der Waals surface area contributed by atoms with Crippen molar-refractivity contribution in [2.24, 2.45) is 4.99 Å². The highest BCUT2D eigenvalue weighted by Gasteiger charge is 2.44. The van der Waals surface area contributed by atoms with Crippen LogP contribution in [0.3, 0.4) is 0 Å². The number of rotatable bonds is 4. The fourth-order valence-electron chi connectivity index (χ4n) is 3.97. The van der Waals surface area contributed by atoms with Gasteiger partial charge in [0.25, 0.3) is 0 Å². The second kappa shape index (κ2) is 6.52. The Hall–Kier alpha value is -1.33. The summed E-state index contributed by atoms with van der Waals surface area (Å²) >= 11 is 6.18. The van der Waals surface area contributed by atoms with E-state index in [-0.39, 0.29) is 17.8 Å². The molecular formula is C18H23ClFN3O. The maximum Gasteiger partial charge on any atom is 0.191 e. The normalized spacial score (nSPS) is 34.5. The molecule has 6 heteroatoms. The molecule has 2 N–H and O–H groups in total. The van der Waals surface area contributed by atoms with Gasteiger partial charge >= 0.3 is 0 Å². The van der Waals surface area contributed by atoms with E-state index in [9.17, 15) is 4.39 Å². The van der Waals surface area contributed by atoms with Crippen LogP contribution in [0.15, 0.2) is 23.2 Å². The van der Waals surface area contributed by atoms with E-state index in [4.69, 9.17) is 16.3 Å². The number of fused-ring (bicyclic) bond motifs is 2. The summed E-state index contributed by atoms with van der Waals surface area (Å²) in [5, 5.41) is 7.45. The van der Waals surface area contributed by atoms with Crippen molar-refractivity contribution >= 4 is 17.6 Å². The summed E-state index contributed by atoms with van der Waals surface area (Å²) in [6, 6.07) is 5.38. The van der Waals surface area contributed by atoms with E-state index in [2.05, 4.69) is 15.6 Å². The van der Waals surface area contributed by atoms with Crippen LogP contribution in [0.5, 0.6) is 0 Å². The first-order valence-electron chi connectivity index (χ1n) is 8.82. The molecule has 2 bridgehead atoms. The number of halogens is 2. The van der Waals surface area contributed by atoms with Gasteiger partial charge in [0.1, 0.15) is 5.82 Å². The van der Waals surface area contributed by atoms with Crippen molar-refractivity contribution in [3.05, 3.63) is 34.6 Å². The molecule has 2 aliphatic heterocycles. The number of hydrogen-bond donors (Lipinski definition) is 2. The molecule has 0 radical (unpaired) electrons. The highest BCUT2D eigenvalue weighted by Crippen LogP contribution is 2.45. The van der Waals surface area contributed by atoms with Crippen LogP contribution in [0.25, 0.3) is 0 Å². The Labute approximate surface area is 146 Å². The SMILES string of the molecule is CCN=C(NC1CC2CCC1O2)NC1CC1c1c(F)cccc1Cl. The molecule has 1 saturated carbocycles. The minimum absolute atomic E-state index is 0.110. The highest BCUT2D eigenvalue weighted by molar-refractivity contribution is 6.31. The lowest BCUT2D eigenvalue weighted by molar-refractivity contribution is 0.0992. The van der Waals surface area contributed by atoms with Crippen molar-refractivity contribution in [3.63, 3.8) is 0 Å². The van der Waals surface area contributed by atoms with Gasteiger partial charge in [0, 0.05) is 29.1 Å². The van der Waals surface area contributed by atoms with Gasteiger partial charge in [-0.25, -0.2) is 4.39 Å². The summed E-state index contributed by atoms with van der Waals surface area (Å²) in [6.07, 6.45) is 4.92. The zero-order valence-corrected chi connectivity index (χ0v) is 14.5. The molecule has 3 aliphatic rings. The number of aliphatic imine (C=N–C) groups is 1. The monoisotopic (exact) mass is 351 g/mol. The molecule has 24 heavy (non-hydrogen) atoms. The molecule has 4 nitrogen and oxygen atoms in total. The van der Waals surface area contributed by atoms with Gasteiger partial charge in [0.15, 0.2) is 5.96 Å². The predicted octanol–water partition coefficient (Wildman–Crippen LogP) is 3.21. The Bertz CT molecular complexity index is 633. The Morgan fingerprint density at radius 3 is 2.79 bits per heavy atom. The van der Waals surface area contributed by atoms with Crippen LogP contribution in [-0.2, 0) is 4.74 Å². The molecule has 0 spiro atoms. The fourth-order valence-corrected chi connectivity index (χ4v) is 4.27. The van der Waals surface area contributed by atoms with Crippen LogP contribution >= 0.6 is 11.6 Å². The van der Waals surface area contributed by atoms with Gasteiger partial charge in [-0.15, -0.1) is 0 Å². The van der Waals surface area contributed by atoms with Crippen LogP contribution in [-0.4, -0.2) is 36.8 Å². The smallest absolute Gasteiger partial charge is 0.191 e. The molecule has 1 aromatic carbocycles. The fraction of sp³-hybridized carbons (Fsp3) is 0.611. The summed E-state index contributed by atoms with van der Waals surface area (Å²) in [5.74, 6) is 0.692. The maximum absolute atomic E-state index is 14.1. The Balaban J connectivity index is 1.39. The van der Waals surface area contributed by atoms with Crippen molar-refractivity contribution in [2.75, 3.05) is 6.54 Å². The second-order valence-corrected chi connectivity index (χ2v) is 7.32. The number of ether oxygens (including phenoxy) is 1. The highest BCUT2D eigenvalue weighted by atomic mass is 35.5. The van der Waals surface area contributed by atoms with Gasteiger partial charge < -0.3 is 15.4 Å². The lowest BCUT2D eigenvalue weighted by atomic mass is 9.96. The average molecular weight is 352 g/mol. The van der Waals surface area contributed by atoms with E-state index in [0.717, 1.165) is 25.2 Å². The Morgan fingerprint density at radius 2 is 2.12 bits per heavy atom. The summed E-state index contributed by atoms with van der Waals surface area (Å²) in [4.78, 5) is 4.54. The van der Waals surface area contributed by atoms with E-state index in [1.54, 1.807) is 12.1 Å². The molecule has 5 atom stereocenters. The number of benzene rings is 1. The number of nitrogens with zero attached hydrogens (tertiary/aromatic N) is 1. The first-order valence-corrected chi connectivity index (χ1v) is 9.20. The van der Waals surface area contributed by atoms with Gasteiger partial charge in [-0.1, -0.05) is 17.7 Å². The van der Waals surface area contributed by atoms with Crippen LogP contribution in [0.1, 0.15) is 44.1 Å². The predicted molar refractivity (Wildman–Crippen MR) is 93.1 cm³/mol. The zero-order chi connectivity index (χ0) is 16.7. The topological polar surface area (TPSA) is 45.7 Å². The van der Waals surface area contributed by atoms with E-state index in [1.807, 2.05) is 6.92 Å². The molecular weight excluding hydrogens is 329 g/mol. The lowest BCUT2D eigenvalue weighted by Crippen LogP contribution is -2.48. The Morgan fingerprint density at radius 1 is 1.29 bits per heavy atom. The molecule has 130 valence electrons. The molecule has 2 heterocycles. The molecule has 4 rings (SSSR count). The number of guanidine groups is 1. The maximum atomic E-state index is 14.1. The third-order valence-electron chi connectivity index (χ3n) is 5.23. The minimum Gasteiger partial charge on any atom is -0.373 e. The van der Waals surface area contributed by atoms with Gasteiger partial charge in [-0.2, -0.15) is 0 Å². The van der Waals surface area contributed by atoms with Gasteiger partial charge in [-0.05, 0) is 44.7 Å². The standard InChI is InChI=1S/C18H23ClFN3O/c1-2-21-18(23-15-8-10-6-7-16(15)24-10)22-14-9-11(14)17-12(19)4-3-5-13(17)20/h3-5,10-11,14-16H,2,6-9H2,1H3,(H2,21,22,23). The van der Waals surface area contributed by atoms with Crippen molar-refractivity contribution < 1.29 is 9.13 Å². The van der Waals surface area contributed by atoms with E-state index >= 15 is 0 Å².